The third-order valence-corrected chi connectivity index (χ3v) is 5.02. The van der Waals surface area contributed by atoms with Crippen molar-refractivity contribution in [2.75, 3.05) is 0 Å². The van der Waals surface area contributed by atoms with Crippen molar-refractivity contribution in [3.63, 3.8) is 0 Å². The fourth-order valence-electron chi connectivity index (χ4n) is 3.59. The summed E-state index contributed by atoms with van der Waals surface area (Å²) < 4.78 is 39.2. The number of nitrogens with one attached hydrogen (secondary N) is 1. The van der Waals surface area contributed by atoms with Gasteiger partial charge in [0, 0.05) is 22.0 Å². The summed E-state index contributed by atoms with van der Waals surface area (Å²) >= 11 is 0. The lowest BCUT2D eigenvalue weighted by molar-refractivity contribution is -0.138. The van der Waals surface area contributed by atoms with Gasteiger partial charge in [-0.2, -0.15) is 13.2 Å². The first-order chi connectivity index (χ1) is 14.7. The minimum atomic E-state index is -4.47. The highest BCUT2D eigenvalue weighted by Gasteiger charge is 2.30. The van der Waals surface area contributed by atoms with Crippen molar-refractivity contribution in [1.29, 1.82) is 0 Å². The van der Waals surface area contributed by atoms with Crippen molar-refractivity contribution in [2.45, 2.75) is 12.6 Å². The minimum absolute atomic E-state index is 0.157. The minimum Gasteiger partial charge on any atom is -0.481 e. The number of aliphatic carboxylic acids is 1. The van der Waals surface area contributed by atoms with Gasteiger partial charge in [-0.25, -0.2) is 0 Å². The number of hydrogen-bond acceptors (Lipinski definition) is 2. The molecule has 0 saturated heterocycles. The third-order valence-electron chi connectivity index (χ3n) is 5.02. The SMILES string of the molecule is O=C(O)Cc1c(C(=O)c2cccc(-c3cccc(C(F)(F)F)c3)c2)[nH]c2ccccc12. The van der Waals surface area contributed by atoms with Gasteiger partial charge in [-0.1, -0.05) is 48.5 Å². The van der Waals surface area contributed by atoms with Gasteiger partial charge in [0.05, 0.1) is 17.7 Å². The predicted molar refractivity (Wildman–Crippen MR) is 110 cm³/mol. The van der Waals surface area contributed by atoms with E-state index in [1.807, 2.05) is 0 Å². The quantitative estimate of drug-likeness (QED) is 0.404. The summed E-state index contributed by atoms with van der Waals surface area (Å²) in [5, 5.41) is 9.93. The number of aromatic amines is 1. The van der Waals surface area contributed by atoms with E-state index < -0.39 is 23.5 Å². The first kappa shape index (κ1) is 20.4. The fraction of sp³-hybridized carbons (Fsp3) is 0.0833. The highest BCUT2D eigenvalue weighted by molar-refractivity contribution is 6.12. The monoisotopic (exact) mass is 423 g/mol. The van der Waals surface area contributed by atoms with E-state index in [-0.39, 0.29) is 17.7 Å². The fourth-order valence-corrected chi connectivity index (χ4v) is 3.59. The first-order valence-electron chi connectivity index (χ1n) is 9.38. The Kier molecular flexibility index (Phi) is 5.10. The summed E-state index contributed by atoms with van der Waals surface area (Å²) in [7, 11) is 0. The molecule has 0 radical (unpaired) electrons. The van der Waals surface area contributed by atoms with E-state index in [0.717, 1.165) is 12.1 Å². The topological polar surface area (TPSA) is 70.2 Å². The summed E-state index contributed by atoms with van der Waals surface area (Å²) in [6.07, 6.45) is -4.81. The highest BCUT2D eigenvalue weighted by atomic mass is 19.4. The molecule has 0 spiro atoms. The Morgan fingerprint density at radius 3 is 2.26 bits per heavy atom. The zero-order valence-electron chi connectivity index (χ0n) is 16.0. The lowest BCUT2D eigenvalue weighted by atomic mass is 9.97. The number of carboxylic acids is 1. The van der Waals surface area contributed by atoms with Crippen molar-refractivity contribution >= 4 is 22.7 Å². The average molecular weight is 423 g/mol. The van der Waals surface area contributed by atoms with Gasteiger partial charge < -0.3 is 10.1 Å². The standard InChI is InChI=1S/C24H16F3NO3/c25-24(26,27)17-8-4-6-15(12-17)14-5-3-7-16(11-14)23(31)22-19(13-21(29)30)18-9-1-2-10-20(18)28-22/h1-12,28H,13H2,(H,29,30). The van der Waals surface area contributed by atoms with Crippen molar-refractivity contribution in [1.82, 2.24) is 4.98 Å². The molecule has 0 unspecified atom stereocenters. The zero-order valence-corrected chi connectivity index (χ0v) is 16.0. The predicted octanol–water partition coefficient (Wildman–Crippen LogP) is 5.71. The maximum absolute atomic E-state index is 13.2. The largest absolute Gasteiger partial charge is 0.481 e. The number of hydrogen-bond donors (Lipinski definition) is 2. The van der Waals surface area contributed by atoms with Crippen LogP contribution in [0, 0.1) is 0 Å². The van der Waals surface area contributed by atoms with Crippen LogP contribution in [0.1, 0.15) is 27.2 Å². The molecule has 1 heterocycles. The lowest BCUT2D eigenvalue weighted by Crippen LogP contribution is -2.09. The van der Waals surface area contributed by atoms with Gasteiger partial charge in [0.15, 0.2) is 0 Å². The number of carbonyl (C=O) groups is 2. The van der Waals surface area contributed by atoms with Gasteiger partial charge in [0.25, 0.3) is 0 Å². The third kappa shape index (κ3) is 4.07. The van der Waals surface area contributed by atoms with Gasteiger partial charge in [0.2, 0.25) is 5.78 Å². The Hall–Kier alpha value is -3.87. The molecule has 0 aliphatic rings. The number of alkyl halides is 3. The van der Waals surface area contributed by atoms with E-state index in [1.54, 1.807) is 42.5 Å². The van der Waals surface area contributed by atoms with E-state index in [4.69, 9.17) is 0 Å². The molecule has 0 amide bonds. The second-order valence-electron chi connectivity index (χ2n) is 7.08. The van der Waals surface area contributed by atoms with Crippen LogP contribution < -0.4 is 0 Å². The molecule has 0 atom stereocenters. The second-order valence-corrected chi connectivity index (χ2v) is 7.08. The van der Waals surface area contributed by atoms with Gasteiger partial charge in [-0.3, -0.25) is 9.59 Å². The second kappa shape index (κ2) is 7.75. The summed E-state index contributed by atoms with van der Waals surface area (Å²) in [6.45, 7) is 0. The van der Waals surface area contributed by atoms with Crippen LogP contribution in [0.15, 0.2) is 72.8 Å². The zero-order chi connectivity index (χ0) is 22.2. The molecule has 4 aromatic rings. The molecule has 0 bridgehead atoms. The lowest BCUT2D eigenvalue weighted by Gasteiger charge is -2.10. The molecule has 0 saturated carbocycles. The molecular weight excluding hydrogens is 407 g/mol. The van der Waals surface area contributed by atoms with Gasteiger partial charge in [-0.05, 0) is 35.4 Å². The molecule has 156 valence electrons. The van der Waals surface area contributed by atoms with Crippen molar-refractivity contribution in [3.05, 3.63) is 95.2 Å². The summed E-state index contributed by atoms with van der Waals surface area (Å²) in [6, 6.07) is 18.1. The average Bonchev–Trinajstić information content (AvgIpc) is 3.11. The number of para-hydroxylation sites is 1. The molecule has 3 aromatic carbocycles. The van der Waals surface area contributed by atoms with Crippen LogP contribution in [-0.2, 0) is 17.4 Å². The van der Waals surface area contributed by atoms with Crippen LogP contribution in [0.5, 0.6) is 0 Å². The number of benzene rings is 3. The smallest absolute Gasteiger partial charge is 0.416 e. The van der Waals surface area contributed by atoms with Gasteiger partial charge in [0.1, 0.15) is 0 Å². The van der Waals surface area contributed by atoms with Gasteiger partial charge in [-0.15, -0.1) is 0 Å². The number of carbonyl (C=O) groups excluding carboxylic acids is 1. The van der Waals surface area contributed by atoms with Crippen LogP contribution in [0.3, 0.4) is 0 Å². The molecule has 0 aliphatic heterocycles. The van der Waals surface area contributed by atoms with E-state index in [0.29, 0.717) is 27.6 Å². The molecule has 2 N–H and O–H groups in total. The van der Waals surface area contributed by atoms with Gasteiger partial charge >= 0.3 is 12.1 Å². The number of aromatic nitrogens is 1. The van der Waals surface area contributed by atoms with Crippen LogP contribution in [0.25, 0.3) is 22.0 Å². The number of carboxylic acid groups (broad SMARTS) is 1. The number of rotatable bonds is 5. The maximum atomic E-state index is 13.2. The van der Waals surface area contributed by atoms with Crippen molar-refractivity contribution < 1.29 is 27.9 Å². The van der Waals surface area contributed by atoms with E-state index in [9.17, 15) is 27.9 Å². The Morgan fingerprint density at radius 1 is 0.871 bits per heavy atom. The number of halogens is 3. The maximum Gasteiger partial charge on any atom is 0.416 e. The number of ketones is 1. The van der Waals surface area contributed by atoms with Crippen LogP contribution in [-0.4, -0.2) is 21.8 Å². The Labute approximate surface area is 175 Å². The van der Waals surface area contributed by atoms with Crippen LogP contribution in [0.2, 0.25) is 0 Å². The van der Waals surface area contributed by atoms with Crippen molar-refractivity contribution in [2.24, 2.45) is 0 Å². The Bertz CT molecular complexity index is 1300. The van der Waals surface area contributed by atoms with E-state index in [1.165, 1.54) is 18.2 Å². The van der Waals surface area contributed by atoms with E-state index in [2.05, 4.69) is 4.98 Å². The number of fused-ring (bicyclic) bond motifs is 1. The molecule has 4 nitrogen and oxygen atoms in total. The Balaban J connectivity index is 1.77. The normalized spacial score (nSPS) is 11.6. The number of H-pyrrole nitrogens is 1. The molecule has 0 fully saturated rings. The summed E-state index contributed by atoms with van der Waals surface area (Å²) in [4.78, 5) is 27.6. The van der Waals surface area contributed by atoms with Crippen molar-refractivity contribution in [3.8, 4) is 11.1 Å². The molecule has 31 heavy (non-hydrogen) atoms. The molecule has 4 rings (SSSR count). The first-order valence-corrected chi connectivity index (χ1v) is 9.38. The van der Waals surface area contributed by atoms with E-state index >= 15 is 0 Å². The molecule has 0 aliphatic carbocycles. The van der Waals surface area contributed by atoms with Crippen LogP contribution >= 0.6 is 0 Å². The highest BCUT2D eigenvalue weighted by Crippen LogP contribution is 2.33. The van der Waals surface area contributed by atoms with Crippen LogP contribution in [0.4, 0.5) is 13.2 Å². The molecular formula is C24H16F3NO3. The Morgan fingerprint density at radius 2 is 1.55 bits per heavy atom. The summed E-state index contributed by atoms with van der Waals surface area (Å²) in [5.74, 6) is -1.50. The molecule has 1 aromatic heterocycles. The molecule has 7 heteroatoms. The summed E-state index contributed by atoms with van der Waals surface area (Å²) in [5.41, 5.74) is 1.41.